The van der Waals surface area contributed by atoms with Crippen molar-refractivity contribution in [1.82, 2.24) is 15.5 Å². The number of nitrogens with zero attached hydrogens (tertiary/aromatic N) is 1. The molecule has 3 unspecified atom stereocenters. The van der Waals surface area contributed by atoms with Crippen LogP contribution in [0.1, 0.15) is 234 Å². The summed E-state index contributed by atoms with van der Waals surface area (Å²) in [5.74, 6) is 1.66. The van der Waals surface area contributed by atoms with Crippen molar-refractivity contribution in [2.24, 2.45) is 11.8 Å². The van der Waals surface area contributed by atoms with Crippen molar-refractivity contribution in [3.8, 4) is 0 Å². The van der Waals surface area contributed by atoms with Crippen LogP contribution in [0.2, 0.25) is 0 Å². The number of hydrogen-bond donors (Lipinski definition) is 2. The molecule has 8 heteroatoms. The molecule has 0 saturated carbocycles. The molecule has 0 spiro atoms. The largest absolute Gasteiger partial charge is 0.465 e. The third-order valence-electron chi connectivity index (χ3n) is 11.9. The third-order valence-corrected chi connectivity index (χ3v) is 12.9. The number of thioether (sulfide) groups is 1. The second-order valence-electron chi connectivity index (χ2n) is 17.0. The summed E-state index contributed by atoms with van der Waals surface area (Å²) < 4.78 is 5.84. The zero-order chi connectivity index (χ0) is 42.0. The molecule has 2 amide bonds. The monoisotopic (exact) mass is 824 g/mol. The summed E-state index contributed by atoms with van der Waals surface area (Å²) in [6.07, 6.45) is 35.2. The quantitative estimate of drug-likeness (QED) is 0.0470. The van der Waals surface area contributed by atoms with Gasteiger partial charge in [0.25, 0.3) is 0 Å². The van der Waals surface area contributed by atoms with Gasteiger partial charge in [-0.2, -0.15) is 11.8 Å². The zero-order valence-corrected chi connectivity index (χ0v) is 39.7. The van der Waals surface area contributed by atoms with Crippen molar-refractivity contribution in [1.29, 1.82) is 0 Å². The maximum absolute atomic E-state index is 13.9. The molecule has 0 aliphatic rings. The molecule has 0 radical (unpaired) electrons. The van der Waals surface area contributed by atoms with Gasteiger partial charge in [-0.05, 0) is 56.9 Å². The van der Waals surface area contributed by atoms with Crippen LogP contribution < -0.4 is 10.6 Å². The van der Waals surface area contributed by atoms with Gasteiger partial charge < -0.3 is 20.3 Å². The van der Waals surface area contributed by atoms with Gasteiger partial charge in [-0.25, -0.2) is 0 Å². The molecule has 2 N–H and O–H groups in total. The number of likely N-dealkylation sites (N-methyl/N-ethyl adjacent to an activating group) is 1. The lowest BCUT2D eigenvalue weighted by Crippen LogP contribution is -2.50. The van der Waals surface area contributed by atoms with Crippen molar-refractivity contribution < 1.29 is 19.1 Å². The van der Waals surface area contributed by atoms with Crippen LogP contribution in [0, 0.1) is 11.8 Å². The number of ether oxygens (including phenoxy) is 1. The summed E-state index contributed by atoms with van der Waals surface area (Å²) >= 11 is 1.68. The summed E-state index contributed by atoms with van der Waals surface area (Å²) in [4.78, 5) is 42.6. The van der Waals surface area contributed by atoms with Gasteiger partial charge in [-0.1, -0.05) is 196 Å². The van der Waals surface area contributed by atoms with E-state index in [1.165, 1.54) is 141 Å². The average Bonchev–Trinajstić information content (AvgIpc) is 3.21. The maximum Gasteiger partial charge on any atom is 0.306 e. The SMILES string of the molecule is CCCCCCCCCCC(CCCCCCCC)C(=O)NC(CCSCCC(=O)OCC(CCCCCC)CCCCCCCC)C(=O)NCCN(CC)CC. The number of carbonyl (C=O) groups is 3. The number of amides is 2. The Hall–Kier alpha value is -1.28. The minimum atomic E-state index is -0.560. The second kappa shape index (κ2) is 42.8. The predicted octanol–water partition coefficient (Wildman–Crippen LogP) is 13.2. The Kier molecular flexibility index (Phi) is 41.9. The molecule has 0 bridgehead atoms. The van der Waals surface area contributed by atoms with Crippen LogP contribution in [0.5, 0.6) is 0 Å². The standard InChI is InChI=1S/C49H97N3O4S/c1-7-13-17-21-24-25-28-32-36-45(35-31-27-23-19-15-9-3)48(54)51-46(49(55)50-39-40-52(11-5)12-6)37-41-57-42-38-47(53)56-43-44(33-29-20-16-10-4)34-30-26-22-18-14-8-2/h44-46H,7-43H2,1-6H3,(H,50,55)(H,51,54). The topological polar surface area (TPSA) is 87.7 Å². The molecule has 338 valence electrons. The minimum absolute atomic E-state index is 0.0406. The van der Waals surface area contributed by atoms with E-state index in [1.807, 2.05) is 0 Å². The summed E-state index contributed by atoms with van der Waals surface area (Å²) in [7, 11) is 0. The van der Waals surface area contributed by atoms with Crippen LogP contribution in [0.15, 0.2) is 0 Å². The first kappa shape index (κ1) is 55.7. The number of hydrogen-bond acceptors (Lipinski definition) is 6. The van der Waals surface area contributed by atoms with Gasteiger partial charge in [0, 0.05) is 24.8 Å². The predicted molar refractivity (Wildman–Crippen MR) is 249 cm³/mol. The first-order valence-corrected chi connectivity index (χ1v) is 26.1. The lowest BCUT2D eigenvalue weighted by Gasteiger charge is -2.24. The first-order valence-electron chi connectivity index (χ1n) is 24.9. The Bertz CT molecular complexity index is 902. The minimum Gasteiger partial charge on any atom is -0.465 e. The Morgan fingerprint density at radius 2 is 0.965 bits per heavy atom. The lowest BCUT2D eigenvalue weighted by atomic mass is 9.93. The van der Waals surface area contributed by atoms with Crippen molar-refractivity contribution in [3.05, 3.63) is 0 Å². The van der Waals surface area contributed by atoms with Crippen LogP contribution in [-0.2, 0) is 19.1 Å². The summed E-state index contributed by atoms with van der Waals surface area (Å²) in [6.45, 7) is 17.1. The van der Waals surface area contributed by atoms with Gasteiger partial charge in [0.15, 0.2) is 0 Å². The fourth-order valence-electron chi connectivity index (χ4n) is 7.79. The van der Waals surface area contributed by atoms with Gasteiger partial charge in [0.05, 0.1) is 13.0 Å². The van der Waals surface area contributed by atoms with E-state index in [4.69, 9.17) is 4.74 Å². The molecule has 0 aromatic carbocycles. The molecule has 0 aromatic rings. The smallest absolute Gasteiger partial charge is 0.306 e. The number of nitrogens with one attached hydrogen (secondary N) is 2. The fraction of sp³-hybridized carbons (Fsp3) is 0.939. The van der Waals surface area contributed by atoms with Crippen molar-refractivity contribution in [3.63, 3.8) is 0 Å². The summed E-state index contributed by atoms with van der Waals surface area (Å²) in [6, 6.07) is -0.560. The van der Waals surface area contributed by atoms with E-state index in [0.717, 1.165) is 58.2 Å². The van der Waals surface area contributed by atoms with Gasteiger partial charge in [-0.15, -0.1) is 0 Å². The fourth-order valence-corrected chi connectivity index (χ4v) is 8.70. The van der Waals surface area contributed by atoms with E-state index < -0.39 is 6.04 Å². The molecule has 0 aliphatic carbocycles. The molecule has 3 atom stereocenters. The Balaban J connectivity index is 5.20. The third kappa shape index (κ3) is 35.2. The highest BCUT2D eigenvalue weighted by Crippen LogP contribution is 2.22. The van der Waals surface area contributed by atoms with E-state index in [1.54, 1.807) is 11.8 Å². The van der Waals surface area contributed by atoms with Gasteiger partial charge >= 0.3 is 5.97 Å². The average molecular weight is 824 g/mol. The number of rotatable bonds is 44. The number of carbonyl (C=O) groups excluding carboxylic acids is 3. The zero-order valence-electron chi connectivity index (χ0n) is 38.9. The van der Waals surface area contributed by atoms with Gasteiger partial charge in [-0.3, -0.25) is 14.4 Å². The van der Waals surface area contributed by atoms with Crippen molar-refractivity contribution in [2.45, 2.75) is 240 Å². The molecule has 0 fully saturated rings. The maximum atomic E-state index is 13.9. The van der Waals surface area contributed by atoms with E-state index in [9.17, 15) is 14.4 Å². The molecular formula is C49H97N3O4S. The second-order valence-corrected chi connectivity index (χ2v) is 18.2. The van der Waals surface area contributed by atoms with E-state index >= 15 is 0 Å². The summed E-state index contributed by atoms with van der Waals surface area (Å²) in [5.41, 5.74) is 0. The Morgan fingerprint density at radius 1 is 0.526 bits per heavy atom. The molecule has 57 heavy (non-hydrogen) atoms. The first-order chi connectivity index (χ1) is 27.9. The summed E-state index contributed by atoms with van der Waals surface area (Å²) in [5, 5.41) is 6.37. The van der Waals surface area contributed by atoms with Crippen LogP contribution in [0.3, 0.4) is 0 Å². The molecule has 0 saturated heterocycles. The van der Waals surface area contributed by atoms with Crippen LogP contribution in [0.25, 0.3) is 0 Å². The molecular weight excluding hydrogens is 727 g/mol. The molecule has 7 nitrogen and oxygen atoms in total. The highest BCUT2D eigenvalue weighted by Gasteiger charge is 2.25. The van der Waals surface area contributed by atoms with Crippen molar-refractivity contribution >= 4 is 29.5 Å². The van der Waals surface area contributed by atoms with E-state index in [0.29, 0.717) is 43.4 Å². The highest BCUT2D eigenvalue weighted by molar-refractivity contribution is 7.99. The lowest BCUT2D eigenvalue weighted by molar-refractivity contribution is -0.144. The molecule has 0 heterocycles. The van der Waals surface area contributed by atoms with Crippen LogP contribution in [0.4, 0.5) is 0 Å². The highest BCUT2D eigenvalue weighted by atomic mass is 32.2. The number of unbranched alkanes of at least 4 members (excludes halogenated alkanes) is 20. The Morgan fingerprint density at radius 3 is 1.44 bits per heavy atom. The van der Waals surface area contributed by atoms with E-state index in [2.05, 4.69) is 57.1 Å². The number of esters is 1. The normalized spacial score (nSPS) is 13.1. The van der Waals surface area contributed by atoms with Crippen LogP contribution in [-0.4, -0.2) is 73.0 Å². The van der Waals surface area contributed by atoms with Gasteiger partial charge in [0.2, 0.25) is 11.8 Å². The van der Waals surface area contributed by atoms with E-state index in [-0.39, 0.29) is 23.7 Å². The Labute approximate surface area is 359 Å². The van der Waals surface area contributed by atoms with Crippen molar-refractivity contribution in [2.75, 3.05) is 44.3 Å². The van der Waals surface area contributed by atoms with Gasteiger partial charge in [0.1, 0.15) is 6.04 Å². The molecule has 0 rings (SSSR count). The van der Waals surface area contributed by atoms with Crippen LogP contribution >= 0.6 is 11.8 Å². The molecule has 0 aliphatic heterocycles. The molecule has 0 aromatic heterocycles.